The van der Waals surface area contributed by atoms with Crippen molar-refractivity contribution in [3.05, 3.63) is 23.3 Å². The van der Waals surface area contributed by atoms with Crippen LogP contribution in [0.5, 0.6) is 0 Å². The van der Waals surface area contributed by atoms with E-state index in [4.69, 9.17) is 11.6 Å². The molecule has 20 heavy (non-hydrogen) atoms. The van der Waals surface area contributed by atoms with Gasteiger partial charge in [0.05, 0.1) is 11.5 Å². The molecule has 0 bridgehead atoms. The Morgan fingerprint density at radius 3 is 2.65 bits per heavy atom. The Bertz CT molecular complexity index is 539. The van der Waals surface area contributed by atoms with E-state index in [1.807, 2.05) is 0 Å². The molecule has 1 heterocycles. The molecule has 1 amide bonds. The van der Waals surface area contributed by atoms with E-state index in [1.54, 1.807) is 11.0 Å². The van der Waals surface area contributed by atoms with E-state index in [-0.39, 0.29) is 23.5 Å². The third-order valence-electron chi connectivity index (χ3n) is 3.89. The molecule has 112 valence electrons. The molecule has 1 saturated heterocycles. The zero-order valence-electron chi connectivity index (χ0n) is 11.5. The largest absolute Gasteiger partial charge is 0.331 e. The summed E-state index contributed by atoms with van der Waals surface area (Å²) in [5.41, 5.74) is 0.657. The second kappa shape index (κ2) is 6.31. The minimum absolute atomic E-state index is 0.0531. The maximum Gasteiger partial charge on any atom is 0.251 e. The second-order valence-electron chi connectivity index (χ2n) is 5.39. The molecule has 6 heteroatoms. The third-order valence-corrected chi connectivity index (χ3v) is 6.06. The lowest BCUT2D eigenvalue weighted by atomic mass is 9.97. The summed E-state index contributed by atoms with van der Waals surface area (Å²) in [4.78, 5) is 14.3. The van der Waals surface area contributed by atoms with Crippen molar-refractivity contribution >= 4 is 27.3 Å². The van der Waals surface area contributed by atoms with Gasteiger partial charge in [-0.05, 0) is 32.1 Å². The second-order valence-corrected chi connectivity index (χ2v) is 8.08. The maximum absolute atomic E-state index is 12.6. The summed E-state index contributed by atoms with van der Waals surface area (Å²) >= 11 is 6.17. The molecule has 2 aliphatic rings. The smallest absolute Gasteiger partial charge is 0.251 e. The number of allylic oxidation sites excluding steroid dienone is 1. The summed E-state index contributed by atoms with van der Waals surface area (Å²) in [5, 5.41) is 0.635. The highest BCUT2D eigenvalue weighted by Crippen LogP contribution is 2.30. The Labute approximate surface area is 125 Å². The predicted octanol–water partition coefficient (Wildman–Crippen LogP) is 2.25. The Kier molecular flexibility index (Phi) is 4.91. The monoisotopic (exact) mass is 317 g/mol. The van der Waals surface area contributed by atoms with Crippen LogP contribution in [0.2, 0.25) is 0 Å². The van der Waals surface area contributed by atoms with E-state index in [2.05, 4.69) is 6.58 Å². The third kappa shape index (κ3) is 3.44. The summed E-state index contributed by atoms with van der Waals surface area (Å²) in [7, 11) is -3.01. The first-order valence-electron chi connectivity index (χ1n) is 6.94. The summed E-state index contributed by atoms with van der Waals surface area (Å²) in [5.74, 6) is 0.0970. The summed E-state index contributed by atoms with van der Waals surface area (Å²) < 4.78 is 23.2. The van der Waals surface area contributed by atoms with Gasteiger partial charge in [-0.2, -0.15) is 0 Å². The molecular formula is C14H20ClNO3S. The standard InChI is InChI=1S/C14H20ClNO3S/c1-2-8-16(11-7-9-20(18,19)10-11)14(17)12-5-3-4-6-13(12)15/h2,11H,1,3-10H2. The molecule has 0 N–H and O–H groups in total. The molecule has 0 aromatic heterocycles. The van der Waals surface area contributed by atoms with Gasteiger partial charge in [0.1, 0.15) is 0 Å². The first kappa shape index (κ1) is 15.6. The van der Waals surface area contributed by atoms with Crippen LogP contribution in [-0.4, -0.2) is 43.3 Å². The molecule has 0 saturated carbocycles. The van der Waals surface area contributed by atoms with Crippen molar-refractivity contribution in [2.45, 2.75) is 38.1 Å². The molecule has 2 rings (SSSR count). The van der Waals surface area contributed by atoms with Crippen molar-refractivity contribution in [2.24, 2.45) is 0 Å². The zero-order valence-corrected chi connectivity index (χ0v) is 13.0. The van der Waals surface area contributed by atoms with Gasteiger partial charge in [-0.25, -0.2) is 8.42 Å². The lowest BCUT2D eigenvalue weighted by Crippen LogP contribution is -2.42. The number of halogens is 1. The molecule has 0 aromatic carbocycles. The molecule has 1 unspecified atom stereocenters. The molecule has 0 spiro atoms. The van der Waals surface area contributed by atoms with E-state index in [0.29, 0.717) is 30.0 Å². The van der Waals surface area contributed by atoms with E-state index in [1.165, 1.54) is 0 Å². The van der Waals surface area contributed by atoms with Gasteiger partial charge < -0.3 is 4.90 Å². The van der Waals surface area contributed by atoms with Crippen LogP contribution in [0.15, 0.2) is 23.3 Å². The number of amides is 1. The van der Waals surface area contributed by atoms with E-state index < -0.39 is 9.84 Å². The van der Waals surface area contributed by atoms with Crippen molar-refractivity contribution in [3.8, 4) is 0 Å². The van der Waals surface area contributed by atoms with Crippen LogP contribution in [0.1, 0.15) is 32.1 Å². The molecule has 1 fully saturated rings. The van der Waals surface area contributed by atoms with Gasteiger partial charge in [0, 0.05) is 23.2 Å². The first-order chi connectivity index (χ1) is 9.44. The van der Waals surface area contributed by atoms with E-state index in [9.17, 15) is 13.2 Å². The number of hydrogen-bond donors (Lipinski definition) is 0. The van der Waals surface area contributed by atoms with Crippen LogP contribution in [0.3, 0.4) is 0 Å². The number of carbonyl (C=O) groups excluding carboxylic acids is 1. The minimum Gasteiger partial charge on any atom is -0.331 e. The Balaban J connectivity index is 2.20. The Morgan fingerprint density at radius 1 is 1.40 bits per heavy atom. The fourth-order valence-corrected chi connectivity index (χ4v) is 4.86. The maximum atomic E-state index is 12.6. The summed E-state index contributed by atoms with van der Waals surface area (Å²) in [6.07, 6.45) is 5.54. The summed E-state index contributed by atoms with van der Waals surface area (Å²) in [6.45, 7) is 4.03. The average molecular weight is 318 g/mol. The molecule has 0 radical (unpaired) electrons. The minimum atomic E-state index is -3.01. The highest BCUT2D eigenvalue weighted by Gasteiger charge is 2.35. The van der Waals surface area contributed by atoms with Crippen LogP contribution in [0.25, 0.3) is 0 Å². The van der Waals surface area contributed by atoms with Gasteiger partial charge in [0.15, 0.2) is 9.84 Å². The zero-order chi connectivity index (χ0) is 14.8. The van der Waals surface area contributed by atoms with Crippen LogP contribution < -0.4 is 0 Å². The van der Waals surface area contributed by atoms with Gasteiger partial charge in [0.2, 0.25) is 0 Å². The molecule has 1 atom stereocenters. The van der Waals surface area contributed by atoms with Gasteiger partial charge in [0.25, 0.3) is 5.91 Å². The fraction of sp³-hybridized carbons (Fsp3) is 0.643. The van der Waals surface area contributed by atoms with Gasteiger partial charge in [-0.3, -0.25) is 4.79 Å². The fourth-order valence-electron chi connectivity index (χ4n) is 2.82. The topological polar surface area (TPSA) is 54.5 Å². The van der Waals surface area contributed by atoms with Crippen LogP contribution >= 0.6 is 11.6 Å². The highest BCUT2D eigenvalue weighted by atomic mass is 35.5. The van der Waals surface area contributed by atoms with Crippen LogP contribution in [-0.2, 0) is 14.6 Å². The van der Waals surface area contributed by atoms with Gasteiger partial charge >= 0.3 is 0 Å². The Hall–Kier alpha value is -0.810. The highest BCUT2D eigenvalue weighted by molar-refractivity contribution is 7.91. The number of carbonyl (C=O) groups is 1. The van der Waals surface area contributed by atoms with E-state index >= 15 is 0 Å². The quantitative estimate of drug-likeness (QED) is 0.747. The normalized spacial score (nSPS) is 25.6. The van der Waals surface area contributed by atoms with Crippen LogP contribution in [0, 0.1) is 0 Å². The van der Waals surface area contributed by atoms with Crippen molar-refractivity contribution in [3.63, 3.8) is 0 Å². The number of nitrogens with zero attached hydrogens (tertiary/aromatic N) is 1. The molecule has 4 nitrogen and oxygen atoms in total. The van der Waals surface area contributed by atoms with Crippen molar-refractivity contribution < 1.29 is 13.2 Å². The van der Waals surface area contributed by atoms with Crippen molar-refractivity contribution in [1.82, 2.24) is 4.90 Å². The first-order valence-corrected chi connectivity index (χ1v) is 9.14. The van der Waals surface area contributed by atoms with Gasteiger partial charge in [-0.15, -0.1) is 6.58 Å². The predicted molar refractivity (Wildman–Crippen MR) is 80.3 cm³/mol. The number of hydrogen-bond acceptors (Lipinski definition) is 3. The lowest BCUT2D eigenvalue weighted by Gasteiger charge is -2.29. The lowest BCUT2D eigenvalue weighted by molar-refractivity contribution is -0.128. The van der Waals surface area contributed by atoms with Crippen molar-refractivity contribution in [2.75, 3.05) is 18.1 Å². The van der Waals surface area contributed by atoms with E-state index in [0.717, 1.165) is 19.3 Å². The molecular weight excluding hydrogens is 298 g/mol. The van der Waals surface area contributed by atoms with Crippen LogP contribution in [0.4, 0.5) is 0 Å². The number of rotatable bonds is 4. The summed E-state index contributed by atoms with van der Waals surface area (Å²) in [6, 6.07) is -0.246. The Morgan fingerprint density at radius 2 is 2.10 bits per heavy atom. The van der Waals surface area contributed by atoms with Crippen molar-refractivity contribution in [1.29, 1.82) is 0 Å². The SMILES string of the molecule is C=CCN(C(=O)C1=C(Cl)CCCC1)C1CCS(=O)(=O)C1. The average Bonchev–Trinajstić information content (AvgIpc) is 2.76. The number of sulfone groups is 1. The molecule has 1 aliphatic carbocycles. The molecule has 1 aliphatic heterocycles. The van der Waals surface area contributed by atoms with Gasteiger partial charge in [-0.1, -0.05) is 17.7 Å². The molecule has 0 aromatic rings.